The minimum atomic E-state index is -0.726. The molecule has 0 spiro atoms. The number of ether oxygens (including phenoxy) is 2. The van der Waals surface area contributed by atoms with Gasteiger partial charge in [0.25, 0.3) is 11.8 Å². The summed E-state index contributed by atoms with van der Waals surface area (Å²) in [7, 11) is 1.54. The monoisotopic (exact) mass is 528 g/mol. The molecule has 198 valence electrons. The number of nitrogens with zero attached hydrogens (tertiary/aromatic N) is 1. The van der Waals surface area contributed by atoms with Gasteiger partial charge >= 0.3 is 0 Å². The lowest BCUT2D eigenvalue weighted by Crippen LogP contribution is -2.47. The SMILES string of the molecule is COc1ccc2c(c1)OCCNC(=O)[C@@H](NC(=O)c1ccc(N3CCCC3)c(Cl)c1)CCCCNC2=O. The highest BCUT2D eigenvalue weighted by Gasteiger charge is 2.23. The van der Waals surface area contributed by atoms with Gasteiger partial charge in [0.2, 0.25) is 5.91 Å². The van der Waals surface area contributed by atoms with Crippen LogP contribution >= 0.6 is 11.6 Å². The average Bonchev–Trinajstić information content (AvgIpc) is 3.44. The highest BCUT2D eigenvalue weighted by atomic mass is 35.5. The van der Waals surface area contributed by atoms with Crippen LogP contribution in [-0.4, -0.2) is 63.7 Å². The molecule has 1 fully saturated rings. The fraction of sp³-hybridized carbons (Fsp3) is 0.444. The van der Waals surface area contributed by atoms with Gasteiger partial charge in [0.05, 0.1) is 29.9 Å². The first kappa shape index (κ1) is 26.6. The molecule has 0 aliphatic carbocycles. The molecule has 0 unspecified atom stereocenters. The lowest BCUT2D eigenvalue weighted by Gasteiger charge is -2.21. The van der Waals surface area contributed by atoms with Gasteiger partial charge in [-0.05, 0) is 62.4 Å². The quantitative estimate of drug-likeness (QED) is 0.562. The Hall–Kier alpha value is -3.46. The second-order valence-corrected chi connectivity index (χ2v) is 9.55. The summed E-state index contributed by atoms with van der Waals surface area (Å²) < 4.78 is 11.0. The maximum atomic E-state index is 13.0. The van der Waals surface area contributed by atoms with Crippen LogP contribution < -0.4 is 30.3 Å². The molecule has 3 N–H and O–H groups in total. The Kier molecular flexibility index (Phi) is 9.11. The second kappa shape index (κ2) is 12.7. The molecule has 10 heteroatoms. The molecular weight excluding hydrogens is 496 g/mol. The number of nitrogens with one attached hydrogen (secondary N) is 3. The fourth-order valence-electron chi connectivity index (χ4n) is 4.54. The number of amides is 3. The van der Waals surface area contributed by atoms with Gasteiger partial charge in [-0.1, -0.05) is 11.6 Å². The van der Waals surface area contributed by atoms with Gasteiger partial charge in [0.15, 0.2) is 0 Å². The zero-order valence-corrected chi connectivity index (χ0v) is 21.7. The Labute approximate surface area is 221 Å². The van der Waals surface area contributed by atoms with Gasteiger partial charge in [0, 0.05) is 31.3 Å². The van der Waals surface area contributed by atoms with Gasteiger partial charge in [-0.3, -0.25) is 14.4 Å². The van der Waals surface area contributed by atoms with E-state index in [9.17, 15) is 14.4 Å². The number of methoxy groups -OCH3 is 1. The van der Waals surface area contributed by atoms with E-state index >= 15 is 0 Å². The molecule has 2 aromatic rings. The highest BCUT2D eigenvalue weighted by Crippen LogP contribution is 2.30. The summed E-state index contributed by atoms with van der Waals surface area (Å²) in [6.45, 7) is 2.70. The summed E-state index contributed by atoms with van der Waals surface area (Å²) >= 11 is 6.48. The fourth-order valence-corrected chi connectivity index (χ4v) is 4.84. The standard InChI is InChI=1S/C27H33ClN4O5/c1-36-19-8-9-20-24(17-19)37-15-12-30-27(35)22(6-2-3-11-29-26(20)34)31-25(33)18-7-10-23(21(28)16-18)32-13-4-5-14-32/h7-10,16-17,22H,2-6,11-15H2,1H3,(H,29,34)(H,30,35)(H,31,33)/t22-/m0/s1. The van der Waals surface area contributed by atoms with E-state index in [1.807, 2.05) is 6.07 Å². The van der Waals surface area contributed by atoms with Crippen molar-refractivity contribution in [2.45, 2.75) is 38.1 Å². The molecule has 0 radical (unpaired) electrons. The van der Waals surface area contributed by atoms with Crippen LogP contribution in [0.5, 0.6) is 11.5 Å². The Morgan fingerprint density at radius 2 is 1.86 bits per heavy atom. The second-order valence-electron chi connectivity index (χ2n) is 9.14. The topological polar surface area (TPSA) is 109 Å². The molecule has 0 aromatic heterocycles. The van der Waals surface area contributed by atoms with Crippen molar-refractivity contribution < 1.29 is 23.9 Å². The van der Waals surface area contributed by atoms with Crippen molar-refractivity contribution in [2.24, 2.45) is 0 Å². The minimum absolute atomic E-state index is 0.146. The third-order valence-corrected chi connectivity index (χ3v) is 6.88. The molecule has 1 saturated heterocycles. The first-order chi connectivity index (χ1) is 18.0. The molecule has 4 rings (SSSR count). The number of fused-ring (bicyclic) bond motifs is 1. The summed E-state index contributed by atoms with van der Waals surface area (Å²) in [6, 6.07) is 9.53. The van der Waals surface area contributed by atoms with Crippen molar-refractivity contribution in [2.75, 3.05) is 44.8 Å². The van der Waals surface area contributed by atoms with Crippen LogP contribution in [0.15, 0.2) is 36.4 Å². The number of carbonyl (C=O) groups is 3. The minimum Gasteiger partial charge on any atom is -0.497 e. The third-order valence-electron chi connectivity index (χ3n) is 6.58. The van der Waals surface area contributed by atoms with E-state index in [0.717, 1.165) is 31.6 Å². The number of anilines is 1. The molecule has 1 atom stereocenters. The van der Waals surface area contributed by atoms with Crippen molar-refractivity contribution in [3.63, 3.8) is 0 Å². The van der Waals surface area contributed by atoms with E-state index < -0.39 is 6.04 Å². The summed E-state index contributed by atoms with van der Waals surface area (Å²) in [5.74, 6) is 0.0542. The predicted octanol–water partition coefficient (Wildman–Crippen LogP) is 3.16. The summed E-state index contributed by atoms with van der Waals surface area (Å²) in [6.07, 6.45) is 3.98. The first-order valence-corrected chi connectivity index (χ1v) is 13.1. The smallest absolute Gasteiger partial charge is 0.255 e. The lowest BCUT2D eigenvalue weighted by molar-refractivity contribution is -0.123. The molecule has 2 aromatic carbocycles. The largest absolute Gasteiger partial charge is 0.497 e. The van der Waals surface area contributed by atoms with E-state index in [2.05, 4.69) is 20.9 Å². The van der Waals surface area contributed by atoms with Gasteiger partial charge in [-0.15, -0.1) is 0 Å². The zero-order chi connectivity index (χ0) is 26.2. The van der Waals surface area contributed by atoms with Crippen LogP contribution in [0.4, 0.5) is 5.69 Å². The van der Waals surface area contributed by atoms with Gasteiger partial charge < -0.3 is 30.3 Å². The Bertz CT molecular complexity index is 1140. The van der Waals surface area contributed by atoms with E-state index in [0.29, 0.717) is 53.5 Å². The number of carbonyl (C=O) groups excluding carboxylic acids is 3. The number of halogens is 1. The maximum Gasteiger partial charge on any atom is 0.255 e. The van der Waals surface area contributed by atoms with Crippen LogP contribution in [0.25, 0.3) is 0 Å². The molecule has 2 heterocycles. The number of rotatable bonds is 4. The van der Waals surface area contributed by atoms with Crippen LogP contribution in [0.3, 0.4) is 0 Å². The Morgan fingerprint density at radius 3 is 2.62 bits per heavy atom. The molecule has 2 aliphatic rings. The van der Waals surface area contributed by atoms with Crippen LogP contribution in [0.2, 0.25) is 5.02 Å². The van der Waals surface area contributed by atoms with E-state index in [4.69, 9.17) is 21.1 Å². The Morgan fingerprint density at radius 1 is 1.05 bits per heavy atom. The van der Waals surface area contributed by atoms with Crippen LogP contribution in [0, 0.1) is 0 Å². The third kappa shape index (κ3) is 6.85. The predicted molar refractivity (Wildman–Crippen MR) is 142 cm³/mol. The van der Waals surface area contributed by atoms with Crippen molar-refractivity contribution >= 4 is 35.0 Å². The molecule has 3 amide bonds. The van der Waals surface area contributed by atoms with E-state index in [1.54, 1.807) is 30.3 Å². The summed E-state index contributed by atoms with van der Waals surface area (Å²) in [4.78, 5) is 40.8. The molecule has 0 bridgehead atoms. The molecular formula is C27H33ClN4O5. The van der Waals surface area contributed by atoms with Crippen LogP contribution in [0.1, 0.15) is 52.8 Å². The number of benzene rings is 2. The van der Waals surface area contributed by atoms with Crippen LogP contribution in [-0.2, 0) is 4.79 Å². The average molecular weight is 529 g/mol. The first-order valence-electron chi connectivity index (χ1n) is 12.7. The maximum absolute atomic E-state index is 13.0. The van der Waals surface area contributed by atoms with E-state index in [-0.39, 0.29) is 30.9 Å². The highest BCUT2D eigenvalue weighted by molar-refractivity contribution is 6.33. The molecule has 0 saturated carbocycles. The van der Waals surface area contributed by atoms with Gasteiger partial charge in [-0.2, -0.15) is 0 Å². The lowest BCUT2D eigenvalue weighted by atomic mass is 10.1. The number of hydrogen-bond donors (Lipinski definition) is 3. The van der Waals surface area contributed by atoms with Crippen molar-refractivity contribution in [3.05, 3.63) is 52.5 Å². The van der Waals surface area contributed by atoms with Crippen molar-refractivity contribution in [3.8, 4) is 11.5 Å². The molecule has 37 heavy (non-hydrogen) atoms. The Balaban J connectivity index is 1.41. The van der Waals surface area contributed by atoms with Gasteiger partial charge in [-0.25, -0.2) is 0 Å². The molecule has 9 nitrogen and oxygen atoms in total. The van der Waals surface area contributed by atoms with E-state index in [1.165, 1.54) is 7.11 Å². The van der Waals surface area contributed by atoms with Crippen molar-refractivity contribution in [1.82, 2.24) is 16.0 Å². The summed E-state index contributed by atoms with van der Waals surface area (Å²) in [5.41, 5.74) is 1.73. The summed E-state index contributed by atoms with van der Waals surface area (Å²) in [5, 5.41) is 9.10. The van der Waals surface area contributed by atoms with Crippen molar-refractivity contribution in [1.29, 1.82) is 0 Å². The molecule has 2 aliphatic heterocycles. The normalized spacial score (nSPS) is 19.1. The number of hydrogen-bond acceptors (Lipinski definition) is 6. The van der Waals surface area contributed by atoms with Gasteiger partial charge in [0.1, 0.15) is 24.1 Å². The zero-order valence-electron chi connectivity index (χ0n) is 21.0.